The van der Waals surface area contributed by atoms with Gasteiger partial charge in [-0.15, -0.1) is 0 Å². The second-order valence-electron chi connectivity index (χ2n) is 12.6. The fraction of sp³-hybridized carbons (Fsp3) is 0.167. The summed E-state index contributed by atoms with van der Waals surface area (Å²) in [6.45, 7) is 4.24. The lowest BCUT2D eigenvalue weighted by Gasteiger charge is -2.26. The van der Waals surface area contributed by atoms with Crippen molar-refractivity contribution in [3.05, 3.63) is 105 Å². The number of ketones is 2. The van der Waals surface area contributed by atoms with Crippen molar-refractivity contribution in [3.63, 3.8) is 0 Å². The molecule has 56 heavy (non-hydrogen) atoms. The van der Waals surface area contributed by atoms with Crippen molar-refractivity contribution in [2.75, 3.05) is 30.3 Å². The Balaban J connectivity index is 1.64. The lowest BCUT2D eigenvalue weighted by molar-refractivity contribution is -0.117. The Morgan fingerprint density at radius 3 is 1.95 bits per heavy atom. The van der Waals surface area contributed by atoms with Gasteiger partial charge in [0.1, 0.15) is 9.79 Å². The molecule has 1 aromatic heterocycles. The molecule has 17 nitrogen and oxygen atoms in total. The molecule has 0 radical (unpaired) electrons. The van der Waals surface area contributed by atoms with Crippen molar-refractivity contribution in [3.8, 4) is 11.1 Å². The summed E-state index contributed by atoms with van der Waals surface area (Å²) < 4.78 is 105. The molecule has 0 spiro atoms. The fourth-order valence-electron chi connectivity index (χ4n) is 6.60. The Morgan fingerprint density at radius 1 is 0.714 bits per heavy atom. The van der Waals surface area contributed by atoms with Gasteiger partial charge in [-0.05, 0) is 55.1 Å². The number of aryl methyl sites for hydroxylation is 1. The van der Waals surface area contributed by atoms with Gasteiger partial charge < -0.3 is 15.2 Å². The number of amides is 1. The second-order valence-corrected chi connectivity index (χ2v) is 16.8. The third-order valence-electron chi connectivity index (χ3n) is 9.30. The van der Waals surface area contributed by atoms with Crippen LogP contribution in [0.3, 0.4) is 0 Å². The van der Waals surface area contributed by atoms with E-state index >= 15 is 0 Å². The number of pyridine rings is 1. The van der Waals surface area contributed by atoms with Crippen molar-refractivity contribution in [2.24, 2.45) is 7.05 Å². The van der Waals surface area contributed by atoms with Gasteiger partial charge in [0.15, 0.2) is 11.6 Å². The number of nitrogens with zero attached hydrogens (tertiary/aromatic N) is 2. The van der Waals surface area contributed by atoms with Crippen LogP contribution in [0.2, 0.25) is 0 Å². The van der Waals surface area contributed by atoms with Crippen LogP contribution < -0.4 is 16.2 Å². The molecule has 5 N–H and O–H groups in total. The van der Waals surface area contributed by atoms with Crippen molar-refractivity contribution in [1.82, 2.24) is 9.47 Å². The Kier molecular flexibility index (Phi) is 10.4. The maximum atomic E-state index is 14.4. The van der Waals surface area contributed by atoms with E-state index < -0.39 is 85.0 Å². The van der Waals surface area contributed by atoms with Gasteiger partial charge in [-0.2, -0.15) is 25.3 Å². The molecular weight excluding hydrogens is 793 g/mol. The Labute approximate surface area is 319 Å². The number of anilines is 3. The van der Waals surface area contributed by atoms with Crippen molar-refractivity contribution in [1.29, 1.82) is 0 Å². The van der Waals surface area contributed by atoms with Gasteiger partial charge in [0.25, 0.3) is 35.9 Å². The topological polar surface area (TPSA) is 264 Å². The zero-order chi connectivity index (χ0) is 41.1. The lowest BCUT2D eigenvalue weighted by Crippen LogP contribution is -2.33. The molecule has 0 atom stereocenters. The summed E-state index contributed by atoms with van der Waals surface area (Å²) in [5.74, 6) is -2.36. The Bertz CT molecular complexity index is 2940. The summed E-state index contributed by atoms with van der Waals surface area (Å²) in [4.78, 5) is 54.6. The summed E-state index contributed by atoms with van der Waals surface area (Å²) >= 11 is 0. The number of hydrogen-bond donors (Lipinski definition) is 5. The molecule has 0 saturated heterocycles. The fourth-order valence-corrected chi connectivity index (χ4v) is 8.51. The van der Waals surface area contributed by atoms with E-state index in [-0.39, 0.29) is 51.0 Å². The van der Waals surface area contributed by atoms with Crippen LogP contribution in [0.4, 0.5) is 17.1 Å². The molecule has 0 saturated carbocycles. The van der Waals surface area contributed by atoms with E-state index in [0.29, 0.717) is 19.2 Å². The summed E-state index contributed by atoms with van der Waals surface area (Å²) in [6.07, 6.45) is 0. The summed E-state index contributed by atoms with van der Waals surface area (Å²) in [7, 11) is -14.0. The van der Waals surface area contributed by atoms with Gasteiger partial charge >= 0.3 is 0 Å². The third kappa shape index (κ3) is 7.25. The summed E-state index contributed by atoms with van der Waals surface area (Å²) in [5, 5.41) is 5.13. The summed E-state index contributed by atoms with van der Waals surface area (Å²) in [6, 6.07) is 14.3. The largest absolute Gasteiger partial charge is 0.354 e. The minimum absolute atomic E-state index is 0.00520. The van der Waals surface area contributed by atoms with Crippen LogP contribution in [-0.4, -0.2) is 85.5 Å². The van der Waals surface area contributed by atoms with E-state index in [1.807, 2.05) is 0 Å². The first-order valence-corrected chi connectivity index (χ1v) is 20.9. The van der Waals surface area contributed by atoms with Gasteiger partial charge in [0.2, 0.25) is 5.91 Å². The first-order chi connectivity index (χ1) is 26.2. The molecule has 1 amide bonds. The standard InChI is InChI=1S/C36H32N4O13S3/c1-4-40(5-2)18-29(41)38-25-16-24(27(55(48,49)50)17-28(25)56(51,52)53)37-23-13-14-26-32-30(21-11-6-7-12-22(21)35(43)31(23)32)33(36(44)39(26)3)34(42)19-9-8-10-20(15-19)54(45,46)47/h6-17,37H,4-5,18H2,1-3H3,(H,38,41)(H,45,46,47)(H,48,49,50)(H,51,52,53). The van der Waals surface area contributed by atoms with E-state index in [2.05, 4.69) is 10.6 Å². The first kappa shape index (κ1) is 40.1. The van der Waals surface area contributed by atoms with Gasteiger partial charge in [-0.3, -0.25) is 37.7 Å². The smallest absolute Gasteiger partial charge is 0.296 e. The third-order valence-corrected chi connectivity index (χ3v) is 11.9. The molecule has 0 bridgehead atoms. The first-order valence-electron chi connectivity index (χ1n) is 16.6. The molecule has 6 rings (SSSR count). The normalized spacial score (nSPS) is 12.8. The maximum absolute atomic E-state index is 14.4. The summed E-state index contributed by atoms with van der Waals surface area (Å²) in [5.41, 5.74) is -2.79. The van der Waals surface area contributed by atoms with Crippen molar-refractivity contribution in [2.45, 2.75) is 28.5 Å². The molecule has 20 heteroatoms. The number of aromatic nitrogens is 1. The second kappa shape index (κ2) is 14.5. The monoisotopic (exact) mass is 824 g/mol. The highest BCUT2D eigenvalue weighted by Crippen LogP contribution is 2.45. The number of benzene rings is 4. The van der Waals surface area contributed by atoms with Gasteiger partial charge in [0.05, 0.1) is 45.1 Å². The maximum Gasteiger partial charge on any atom is 0.296 e. The molecule has 0 unspecified atom stereocenters. The van der Waals surface area contributed by atoms with Gasteiger partial charge in [0, 0.05) is 29.1 Å². The van der Waals surface area contributed by atoms with Crippen molar-refractivity contribution < 1.29 is 53.3 Å². The highest BCUT2D eigenvalue weighted by atomic mass is 32.2. The molecule has 5 aromatic rings. The van der Waals surface area contributed by atoms with Crippen LogP contribution in [0.25, 0.3) is 22.0 Å². The SMILES string of the molecule is CCN(CC)CC(=O)Nc1cc(Nc2ccc3c4c2C(=O)c2ccccc2-c4c(C(=O)c2cccc(S(=O)(=O)O)c2)c(=O)n3C)c(S(=O)(=O)O)cc1S(=O)(=O)O. The average Bonchev–Trinajstić information content (AvgIpc) is 3.13. The van der Waals surface area contributed by atoms with E-state index in [1.54, 1.807) is 24.8 Å². The quantitative estimate of drug-likeness (QED) is 0.0869. The predicted octanol–water partition coefficient (Wildman–Crippen LogP) is 3.74. The molecule has 1 aliphatic carbocycles. The molecule has 1 aliphatic rings. The Hall–Kier alpha value is -5.61. The van der Waals surface area contributed by atoms with Crippen LogP contribution in [0, 0.1) is 0 Å². The minimum atomic E-state index is -5.30. The number of rotatable bonds is 12. The van der Waals surface area contributed by atoms with Crippen LogP contribution in [0.5, 0.6) is 0 Å². The number of nitrogens with one attached hydrogen (secondary N) is 2. The van der Waals surface area contributed by atoms with E-state index in [0.717, 1.165) is 22.8 Å². The van der Waals surface area contributed by atoms with E-state index in [4.69, 9.17) is 0 Å². The van der Waals surface area contributed by atoms with Crippen LogP contribution in [-0.2, 0) is 42.2 Å². The van der Waals surface area contributed by atoms with E-state index in [9.17, 15) is 58.1 Å². The average molecular weight is 825 g/mol. The number of hydrogen-bond acceptors (Lipinski definition) is 12. The molecule has 4 aromatic carbocycles. The number of carbonyl (C=O) groups is 3. The molecule has 0 fully saturated rings. The molecule has 292 valence electrons. The zero-order valence-electron chi connectivity index (χ0n) is 29.6. The molecule has 1 heterocycles. The minimum Gasteiger partial charge on any atom is -0.354 e. The number of carbonyl (C=O) groups excluding carboxylic acids is 3. The number of fused-ring (bicyclic) bond motifs is 2. The zero-order valence-corrected chi connectivity index (χ0v) is 32.0. The lowest BCUT2D eigenvalue weighted by atomic mass is 9.80. The van der Waals surface area contributed by atoms with Gasteiger partial charge in [-0.1, -0.05) is 50.2 Å². The van der Waals surface area contributed by atoms with Crippen LogP contribution in [0.15, 0.2) is 92.3 Å². The molecular formula is C36H32N4O13S3. The van der Waals surface area contributed by atoms with E-state index in [1.165, 1.54) is 49.5 Å². The Morgan fingerprint density at radius 2 is 1.34 bits per heavy atom. The van der Waals surface area contributed by atoms with Gasteiger partial charge in [-0.25, -0.2) is 0 Å². The van der Waals surface area contributed by atoms with Crippen molar-refractivity contribution >= 4 is 75.8 Å². The highest BCUT2D eigenvalue weighted by Gasteiger charge is 2.35. The highest BCUT2D eigenvalue weighted by molar-refractivity contribution is 7.87. The van der Waals surface area contributed by atoms with Crippen LogP contribution >= 0.6 is 0 Å². The van der Waals surface area contributed by atoms with Crippen LogP contribution in [0.1, 0.15) is 45.7 Å². The number of likely N-dealkylation sites (N-methyl/N-ethyl adjacent to an activating group) is 1. The molecule has 0 aliphatic heterocycles. The predicted molar refractivity (Wildman–Crippen MR) is 204 cm³/mol.